The molecule has 0 aliphatic rings. The van der Waals surface area contributed by atoms with Gasteiger partial charge in [-0.25, -0.2) is 4.68 Å². The molecule has 106 valence electrons. The highest BCUT2D eigenvalue weighted by atomic mass is 35.5. The van der Waals surface area contributed by atoms with Crippen molar-refractivity contribution in [2.24, 2.45) is 0 Å². The van der Waals surface area contributed by atoms with Gasteiger partial charge >= 0.3 is 0 Å². The minimum absolute atomic E-state index is 0.0467. The van der Waals surface area contributed by atoms with Gasteiger partial charge < -0.3 is 10.8 Å². The first-order valence-corrected chi connectivity index (χ1v) is 6.65. The molecule has 0 radical (unpaired) electrons. The second-order valence-electron chi connectivity index (χ2n) is 4.53. The standard InChI is InChI=1S/C14H16ClN3O2/c1-9-7-10(3-4-12(9)15)13-11(8-20)14(16)18(17-13)5-2-6-19/h3-4,7-8,19H,2,5-6,16H2,1H3. The Balaban J connectivity index is 2.49. The molecule has 1 aromatic heterocycles. The molecular formula is C14H16ClN3O2. The number of nitrogens with two attached hydrogens (primary N) is 1. The van der Waals surface area contributed by atoms with Gasteiger partial charge in [0, 0.05) is 23.7 Å². The van der Waals surface area contributed by atoms with Crippen LogP contribution in [0.1, 0.15) is 22.3 Å². The molecule has 0 spiro atoms. The van der Waals surface area contributed by atoms with E-state index in [1.54, 1.807) is 16.8 Å². The maximum atomic E-state index is 11.3. The Hall–Kier alpha value is -1.85. The molecule has 0 saturated heterocycles. The van der Waals surface area contributed by atoms with E-state index in [4.69, 9.17) is 22.4 Å². The Morgan fingerprint density at radius 1 is 1.50 bits per heavy atom. The third kappa shape index (κ3) is 2.69. The molecule has 3 N–H and O–H groups in total. The van der Waals surface area contributed by atoms with Crippen molar-refractivity contribution in [2.75, 3.05) is 12.3 Å². The largest absolute Gasteiger partial charge is 0.396 e. The molecule has 20 heavy (non-hydrogen) atoms. The molecule has 0 saturated carbocycles. The van der Waals surface area contributed by atoms with E-state index in [9.17, 15) is 4.79 Å². The zero-order chi connectivity index (χ0) is 14.7. The van der Waals surface area contributed by atoms with Gasteiger partial charge in [0.05, 0.1) is 5.56 Å². The fourth-order valence-electron chi connectivity index (χ4n) is 2.00. The number of benzene rings is 1. The molecular weight excluding hydrogens is 278 g/mol. The number of anilines is 1. The van der Waals surface area contributed by atoms with E-state index in [0.717, 1.165) is 11.1 Å². The fraction of sp³-hybridized carbons (Fsp3) is 0.286. The molecule has 1 aromatic carbocycles. The minimum Gasteiger partial charge on any atom is -0.396 e. The van der Waals surface area contributed by atoms with Crippen molar-refractivity contribution >= 4 is 23.7 Å². The van der Waals surface area contributed by atoms with E-state index >= 15 is 0 Å². The highest BCUT2D eigenvalue weighted by Gasteiger charge is 2.16. The fourth-order valence-corrected chi connectivity index (χ4v) is 2.12. The summed E-state index contributed by atoms with van der Waals surface area (Å²) in [4.78, 5) is 11.3. The van der Waals surface area contributed by atoms with Crippen LogP contribution in [0.15, 0.2) is 18.2 Å². The minimum atomic E-state index is 0.0467. The van der Waals surface area contributed by atoms with Gasteiger partial charge in [-0.05, 0) is 31.0 Å². The lowest BCUT2D eigenvalue weighted by molar-refractivity contribution is 0.112. The van der Waals surface area contributed by atoms with Crippen molar-refractivity contribution in [1.29, 1.82) is 0 Å². The quantitative estimate of drug-likeness (QED) is 0.829. The van der Waals surface area contributed by atoms with Crippen LogP contribution in [0.4, 0.5) is 5.82 Å². The summed E-state index contributed by atoms with van der Waals surface area (Å²) < 4.78 is 1.54. The van der Waals surface area contributed by atoms with E-state index < -0.39 is 0 Å². The molecule has 0 aliphatic carbocycles. The molecule has 6 heteroatoms. The molecule has 2 rings (SSSR count). The van der Waals surface area contributed by atoms with Gasteiger partial charge in [0.1, 0.15) is 11.5 Å². The van der Waals surface area contributed by atoms with Crippen LogP contribution in [0.5, 0.6) is 0 Å². The second-order valence-corrected chi connectivity index (χ2v) is 4.94. The van der Waals surface area contributed by atoms with Crippen molar-refractivity contribution in [3.8, 4) is 11.3 Å². The second kappa shape index (κ2) is 6.07. The number of rotatable bonds is 5. The van der Waals surface area contributed by atoms with Crippen molar-refractivity contribution < 1.29 is 9.90 Å². The first-order valence-electron chi connectivity index (χ1n) is 6.27. The number of hydrogen-bond donors (Lipinski definition) is 2. The van der Waals surface area contributed by atoms with Crippen LogP contribution < -0.4 is 5.73 Å². The van der Waals surface area contributed by atoms with E-state index in [1.807, 2.05) is 13.0 Å². The van der Waals surface area contributed by atoms with Crippen LogP contribution in [0.25, 0.3) is 11.3 Å². The Kier molecular flexibility index (Phi) is 4.42. The van der Waals surface area contributed by atoms with E-state index in [2.05, 4.69) is 5.10 Å². The zero-order valence-corrected chi connectivity index (χ0v) is 11.9. The molecule has 1 heterocycles. The zero-order valence-electron chi connectivity index (χ0n) is 11.1. The highest BCUT2D eigenvalue weighted by molar-refractivity contribution is 6.31. The maximum Gasteiger partial charge on any atom is 0.156 e. The summed E-state index contributed by atoms with van der Waals surface area (Å²) in [5, 5.41) is 13.9. The number of aldehydes is 1. The van der Waals surface area contributed by atoms with Gasteiger partial charge in [0.2, 0.25) is 0 Å². The number of aromatic nitrogens is 2. The molecule has 5 nitrogen and oxygen atoms in total. The normalized spacial score (nSPS) is 10.8. The average molecular weight is 294 g/mol. The predicted octanol–water partition coefficient (Wildman–Crippen LogP) is 2.29. The first kappa shape index (κ1) is 14.6. The number of halogens is 1. The van der Waals surface area contributed by atoms with E-state index in [-0.39, 0.29) is 6.61 Å². The Bertz CT molecular complexity index is 638. The lowest BCUT2D eigenvalue weighted by atomic mass is 10.1. The van der Waals surface area contributed by atoms with Gasteiger partial charge in [0.15, 0.2) is 6.29 Å². The number of nitrogen functional groups attached to an aromatic ring is 1. The van der Waals surface area contributed by atoms with E-state index in [0.29, 0.717) is 41.3 Å². The Morgan fingerprint density at radius 3 is 2.85 bits per heavy atom. The van der Waals surface area contributed by atoms with Crippen LogP contribution in [0, 0.1) is 6.92 Å². The molecule has 0 aliphatic heterocycles. The van der Waals surface area contributed by atoms with Gasteiger partial charge in [0.25, 0.3) is 0 Å². The van der Waals surface area contributed by atoms with E-state index in [1.165, 1.54) is 0 Å². The van der Waals surface area contributed by atoms with Crippen molar-refractivity contribution in [3.63, 3.8) is 0 Å². The summed E-state index contributed by atoms with van der Waals surface area (Å²) in [6.07, 6.45) is 1.24. The van der Waals surface area contributed by atoms with Crippen LogP contribution in [-0.2, 0) is 6.54 Å². The summed E-state index contributed by atoms with van der Waals surface area (Å²) in [6, 6.07) is 5.44. The van der Waals surface area contributed by atoms with Crippen molar-refractivity contribution in [1.82, 2.24) is 9.78 Å². The van der Waals surface area contributed by atoms with Crippen molar-refractivity contribution in [2.45, 2.75) is 19.9 Å². The topological polar surface area (TPSA) is 81.1 Å². The van der Waals surface area contributed by atoms with Crippen LogP contribution >= 0.6 is 11.6 Å². The summed E-state index contributed by atoms with van der Waals surface area (Å²) in [6.45, 7) is 2.40. The first-order chi connectivity index (χ1) is 9.58. The Morgan fingerprint density at radius 2 is 2.25 bits per heavy atom. The highest BCUT2D eigenvalue weighted by Crippen LogP contribution is 2.28. The third-order valence-electron chi connectivity index (χ3n) is 3.11. The van der Waals surface area contributed by atoms with Crippen LogP contribution in [-0.4, -0.2) is 27.8 Å². The summed E-state index contributed by atoms with van der Waals surface area (Å²) in [7, 11) is 0. The van der Waals surface area contributed by atoms with Gasteiger partial charge in [-0.1, -0.05) is 17.7 Å². The number of carbonyl (C=O) groups excluding carboxylic acids is 1. The lowest BCUT2D eigenvalue weighted by Gasteiger charge is -2.02. The number of hydrogen-bond acceptors (Lipinski definition) is 4. The number of nitrogens with zero attached hydrogens (tertiary/aromatic N) is 2. The molecule has 0 atom stereocenters. The molecule has 2 aromatic rings. The predicted molar refractivity (Wildman–Crippen MR) is 78.9 cm³/mol. The number of aryl methyl sites for hydroxylation is 2. The molecule has 0 bridgehead atoms. The summed E-state index contributed by atoms with van der Waals surface area (Å²) in [5.74, 6) is 0.316. The van der Waals surface area contributed by atoms with Gasteiger partial charge in [-0.15, -0.1) is 0 Å². The number of carbonyl (C=O) groups is 1. The smallest absolute Gasteiger partial charge is 0.156 e. The van der Waals surface area contributed by atoms with Crippen LogP contribution in [0.2, 0.25) is 5.02 Å². The SMILES string of the molecule is Cc1cc(-c2nn(CCCO)c(N)c2C=O)ccc1Cl. The molecule has 0 fully saturated rings. The van der Waals surface area contributed by atoms with Crippen molar-refractivity contribution in [3.05, 3.63) is 34.3 Å². The van der Waals surface area contributed by atoms with Crippen LogP contribution in [0.3, 0.4) is 0 Å². The summed E-state index contributed by atoms with van der Waals surface area (Å²) >= 11 is 6.00. The maximum absolute atomic E-state index is 11.3. The third-order valence-corrected chi connectivity index (χ3v) is 3.53. The average Bonchev–Trinajstić information content (AvgIpc) is 2.76. The summed E-state index contributed by atoms with van der Waals surface area (Å²) in [5.41, 5.74) is 8.53. The monoisotopic (exact) mass is 293 g/mol. The Labute approximate surface area is 122 Å². The number of aliphatic hydroxyl groups is 1. The van der Waals surface area contributed by atoms with Gasteiger partial charge in [-0.3, -0.25) is 4.79 Å². The molecule has 0 amide bonds. The lowest BCUT2D eigenvalue weighted by Crippen LogP contribution is -2.06. The molecule has 0 unspecified atom stereocenters. The van der Waals surface area contributed by atoms with Gasteiger partial charge in [-0.2, -0.15) is 5.10 Å². The number of aliphatic hydroxyl groups excluding tert-OH is 1.